The second-order valence-corrected chi connectivity index (χ2v) is 3.25. The first-order valence-corrected chi connectivity index (χ1v) is 4.72. The average Bonchev–Trinajstić information content (AvgIpc) is 2.15. The number of carbonyl (C=O) groups excluding carboxylic acids is 1. The van der Waals surface area contributed by atoms with Gasteiger partial charge in [-0.25, -0.2) is 0 Å². The first-order valence-electron chi connectivity index (χ1n) is 4.72. The maximum absolute atomic E-state index is 11.4. The van der Waals surface area contributed by atoms with Crippen molar-refractivity contribution in [3.8, 4) is 0 Å². The number of hydrogen-bond donors (Lipinski definition) is 1. The number of amides is 1. The fourth-order valence-electron chi connectivity index (χ4n) is 1.64. The van der Waals surface area contributed by atoms with Crippen LogP contribution in [0.25, 0.3) is 0 Å². The predicted molar refractivity (Wildman–Crippen MR) is 48.1 cm³/mol. The van der Waals surface area contributed by atoms with E-state index < -0.39 is 0 Å². The van der Waals surface area contributed by atoms with E-state index in [4.69, 9.17) is 9.84 Å². The lowest BCUT2D eigenvalue weighted by Crippen LogP contribution is -2.45. The van der Waals surface area contributed by atoms with Crippen LogP contribution < -0.4 is 0 Å². The molecular formula is C9H17NO3. The van der Waals surface area contributed by atoms with Crippen molar-refractivity contribution in [2.75, 3.05) is 20.3 Å². The summed E-state index contributed by atoms with van der Waals surface area (Å²) in [6.07, 6.45) is 2.99. The largest absolute Gasteiger partial charge is 0.396 e. The minimum absolute atomic E-state index is 0.0761. The summed E-state index contributed by atoms with van der Waals surface area (Å²) in [5.74, 6) is 0.145. The Morgan fingerprint density at radius 3 is 3.08 bits per heavy atom. The zero-order valence-electron chi connectivity index (χ0n) is 8.03. The third-order valence-electron chi connectivity index (χ3n) is 2.34. The number of ether oxygens (including phenoxy) is 1. The van der Waals surface area contributed by atoms with E-state index in [0.29, 0.717) is 19.4 Å². The van der Waals surface area contributed by atoms with Crippen LogP contribution in [0.5, 0.6) is 0 Å². The van der Waals surface area contributed by atoms with E-state index in [1.54, 1.807) is 12.0 Å². The van der Waals surface area contributed by atoms with Gasteiger partial charge in [0.1, 0.15) is 6.23 Å². The summed E-state index contributed by atoms with van der Waals surface area (Å²) in [4.78, 5) is 13.2. The molecule has 1 N–H and O–H groups in total. The van der Waals surface area contributed by atoms with Crippen LogP contribution in [0.4, 0.5) is 0 Å². The summed E-state index contributed by atoms with van der Waals surface area (Å²) >= 11 is 0. The Morgan fingerprint density at radius 2 is 2.46 bits per heavy atom. The van der Waals surface area contributed by atoms with E-state index in [1.807, 2.05) is 0 Å². The standard InChI is InChI=1S/C9H17NO3/c1-13-9-5-2-4-8(12)10(9)6-3-7-11/h9,11H,2-7H2,1H3. The number of likely N-dealkylation sites (tertiary alicyclic amines) is 1. The van der Waals surface area contributed by atoms with Crippen molar-refractivity contribution in [2.45, 2.75) is 31.9 Å². The van der Waals surface area contributed by atoms with E-state index in [1.165, 1.54) is 0 Å². The number of carbonyl (C=O) groups is 1. The van der Waals surface area contributed by atoms with Crippen LogP contribution in [0.1, 0.15) is 25.7 Å². The van der Waals surface area contributed by atoms with Gasteiger partial charge in [-0.05, 0) is 19.3 Å². The highest BCUT2D eigenvalue weighted by molar-refractivity contribution is 5.77. The molecule has 76 valence electrons. The Bertz CT molecular complexity index is 172. The molecule has 13 heavy (non-hydrogen) atoms. The van der Waals surface area contributed by atoms with E-state index in [2.05, 4.69) is 0 Å². The molecule has 0 radical (unpaired) electrons. The van der Waals surface area contributed by atoms with Crippen LogP contribution in [0.15, 0.2) is 0 Å². The zero-order valence-corrected chi connectivity index (χ0v) is 8.03. The molecule has 1 aliphatic rings. The molecule has 1 amide bonds. The van der Waals surface area contributed by atoms with E-state index >= 15 is 0 Å². The lowest BCUT2D eigenvalue weighted by Gasteiger charge is -2.34. The highest BCUT2D eigenvalue weighted by atomic mass is 16.5. The molecule has 0 aromatic heterocycles. The molecule has 0 aromatic rings. The van der Waals surface area contributed by atoms with Crippen LogP contribution in [0, 0.1) is 0 Å². The highest BCUT2D eigenvalue weighted by Crippen LogP contribution is 2.18. The molecule has 0 bridgehead atoms. The Balaban J connectivity index is 2.46. The molecule has 1 rings (SSSR count). The van der Waals surface area contributed by atoms with Gasteiger partial charge in [-0.3, -0.25) is 4.79 Å². The fraction of sp³-hybridized carbons (Fsp3) is 0.889. The Labute approximate surface area is 78.5 Å². The maximum atomic E-state index is 11.4. The SMILES string of the molecule is COC1CCCC(=O)N1CCCO. The number of aliphatic hydroxyl groups excluding tert-OH is 1. The Hall–Kier alpha value is -0.610. The van der Waals surface area contributed by atoms with Crippen LogP contribution in [-0.4, -0.2) is 42.4 Å². The van der Waals surface area contributed by atoms with E-state index in [0.717, 1.165) is 12.8 Å². The summed E-state index contributed by atoms with van der Waals surface area (Å²) in [5, 5.41) is 8.66. The lowest BCUT2D eigenvalue weighted by atomic mass is 10.1. The summed E-state index contributed by atoms with van der Waals surface area (Å²) in [5.41, 5.74) is 0. The van der Waals surface area contributed by atoms with Crippen molar-refractivity contribution < 1.29 is 14.6 Å². The maximum Gasteiger partial charge on any atom is 0.224 e. The first-order chi connectivity index (χ1) is 6.29. The molecule has 0 aromatic carbocycles. The van der Waals surface area contributed by atoms with Gasteiger partial charge in [0.2, 0.25) is 5.91 Å². The summed E-state index contributed by atoms with van der Waals surface area (Å²) in [7, 11) is 1.62. The van der Waals surface area contributed by atoms with E-state index in [-0.39, 0.29) is 18.7 Å². The van der Waals surface area contributed by atoms with Crippen LogP contribution in [0.3, 0.4) is 0 Å². The Kier molecular flexibility index (Phi) is 4.18. The van der Waals surface area contributed by atoms with Gasteiger partial charge in [0.05, 0.1) is 0 Å². The second kappa shape index (κ2) is 5.19. The topological polar surface area (TPSA) is 49.8 Å². The van der Waals surface area contributed by atoms with Crippen molar-refractivity contribution in [3.63, 3.8) is 0 Å². The minimum Gasteiger partial charge on any atom is -0.396 e. The zero-order chi connectivity index (χ0) is 9.68. The van der Waals surface area contributed by atoms with Crippen molar-refractivity contribution in [3.05, 3.63) is 0 Å². The van der Waals surface area contributed by atoms with E-state index in [9.17, 15) is 4.79 Å². The number of rotatable bonds is 4. The van der Waals surface area contributed by atoms with Crippen LogP contribution >= 0.6 is 0 Å². The number of aliphatic hydroxyl groups is 1. The van der Waals surface area contributed by atoms with Crippen LogP contribution in [-0.2, 0) is 9.53 Å². The van der Waals surface area contributed by atoms with Gasteiger partial charge in [-0.2, -0.15) is 0 Å². The second-order valence-electron chi connectivity index (χ2n) is 3.25. The quantitative estimate of drug-likeness (QED) is 0.691. The monoisotopic (exact) mass is 187 g/mol. The summed E-state index contributed by atoms with van der Waals surface area (Å²) in [6, 6.07) is 0. The van der Waals surface area contributed by atoms with Crippen molar-refractivity contribution in [1.82, 2.24) is 4.90 Å². The van der Waals surface area contributed by atoms with Gasteiger partial charge in [0, 0.05) is 26.7 Å². The minimum atomic E-state index is -0.0761. The van der Waals surface area contributed by atoms with Gasteiger partial charge in [0.25, 0.3) is 0 Å². The third kappa shape index (κ3) is 2.67. The molecule has 4 heteroatoms. The average molecular weight is 187 g/mol. The first kappa shape index (κ1) is 10.5. The molecule has 1 aliphatic heterocycles. The van der Waals surface area contributed by atoms with Gasteiger partial charge >= 0.3 is 0 Å². The molecule has 1 heterocycles. The van der Waals surface area contributed by atoms with Gasteiger partial charge in [0.15, 0.2) is 0 Å². The fourth-order valence-corrected chi connectivity index (χ4v) is 1.64. The van der Waals surface area contributed by atoms with Gasteiger partial charge in [-0.1, -0.05) is 0 Å². The molecule has 0 saturated carbocycles. The molecule has 4 nitrogen and oxygen atoms in total. The van der Waals surface area contributed by atoms with Crippen molar-refractivity contribution in [2.24, 2.45) is 0 Å². The smallest absolute Gasteiger partial charge is 0.224 e. The molecule has 1 atom stereocenters. The number of methoxy groups -OCH3 is 1. The lowest BCUT2D eigenvalue weighted by molar-refractivity contribution is -0.150. The number of nitrogens with zero attached hydrogens (tertiary/aromatic N) is 1. The normalized spacial score (nSPS) is 23.7. The summed E-state index contributed by atoms with van der Waals surface area (Å²) < 4.78 is 5.19. The Morgan fingerprint density at radius 1 is 1.69 bits per heavy atom. The van der Waals surface area contributed by atoms with Crippen molar-refractivity contribution in [1.29, 1.82) is 0 Å². The molecule has 0 aliphatic carbocycles. The molecule has 0 spiro atoms. The predicted octanol–water partition coefficient (Wildman–Crippen LogP) is 0.354. The van der Waals surface area contributed by atoms with Crippen LogP contribution in [0.2, 0.25) is 0 Å². The van der Waals surface area contributed by atoms with Gasteiger partial charge in [-0.15, -0.1) is 0 Å². The molecule has 1 unspecified atom stereocenters. The molecular weight excluding hydrogens is 170 g/mol. The van der Waals surface area contributed by atoms with Crippen molar-refractivity contribution >= 4 is 5.91 Å². The number of hydrogen-bond acceptors (Lipinski definition) is 3. The van der Waals surface area contributed by atoms with Gasteiger partial charge < -0.3 is 14.7 Å². The molecule has 1 fully saturated rings. The molecule has 1 saturated heterocycles. The third-order valence-corrected chi connectivity index (χ3v) is 2.34. The number of piperidine rings is 1. The summed E-state index contributed by atoms with van der Waals surface area (Å²) in [6.45, 7) is 0.730. The highest BCUT2D eigenvalue weighted by Gasteiger charge is 2.26.